The van der Waals surface area contributed by atoms with E-state index in [0.717, 1.165) is 40.3 Å². The first-order chi connectivity index (χ1) is 14.4. The van der Waals surface area contributed by atoms with Gasteiger partial charge in [-0.3, -0.25) is 24.8 Å². The van der Waals surface area contributed by atoms with E-state index >= 15 is 0 Å². The third kappa shape index (κ3) is 3.94. The summed E-state index contributed by atoms with van der Waals surface area (Å²) in [4.78, 5) is 40.2. The molecule has 0 aliphatic heterocycles. The maximum absolute atomic E-state index is 13.4. The molecule has 2 N–H and O–H groups in total. The van der Waals surface area contributed by atoms with Crippen molar-refractivity contribution in [1.29, 1.82) is 0 Å². The van der Waals surface area contributed by atoms with Gasteiger partial charge >= 0.3 is 0 Å². The Morgan fingerprint density at radius 1 is 1.03 bits per heavy atom. The van der Waals surface area contributed by atoms with Gasteiger partial charge in [0.25, 0.3) is 17.0 Å². The molecule has 0 spiro atoms. The normalized spacial score (nSPS) is 10.7. The van der Waals surface area contributed by atoms with Crippen LogP contribution in [-0.4, -0.2) is 20.7 Å². The zero-order valence-corrected chi connectivity index (χ0v) is 15.9. The molecule has 0 aliphatic carbocycles. The van der Waals surface area contributed by atoms with Gasteiger partial charge in [-0.2, -0.15) is 0 Å². The van der Waals surface area contributed by atoms with Gasteiger partial charge < -0.3 is 0 Å². The highest BCUT2D eigenvalue weighted by atomic mass is 32.1. The third-order valence-electron chi connectivity index (χ3n) is 4.13. The molecule has 0 fully saturated rings. The van der Waals surface area contributed by atoms with Crippen molar-refractivity contribution in [2.45, 2.75) is 0 Å². The van der Waals surface area contributed by atoms with Gasteiger partial charge in [-0.15, -0.1) is 11.3 Å². The van der Waals surface area contributed by atoms with Gasteiger partial charge in [-0.05, 0) is 36.4 Å². The number of nitrogens with one attached hydrogen (secondary N) is 2. The Balaban J connectivity index is 1.57. The van der Waals surface area contributed by atoms with Gasteiger partial charge in [-0.1, -0.05) is 6.07 Å². The number of rotatable bonds is 4. The van der Waals surface area contributed by atoms with Crippen molar-refractivity contribution in [2.24, 2.45) is 0 Å². The van der Waals surface area contributed by atoms with Crippen LogP contribution in [0.2, 0.25) is 0 Å². The lowest BCUT2D eigenvalue weighted by atomic mass is 10.2. The second kappa shape index (κ2) is 7.84. The van der Waals surface area contributed by atoms with E-state index in [1.165, 1.54) is 18.2 Å². The molecule has 2 aromatic heterocycles. The summed E-state index contributed by atoms with van der Waals surface area (Å²) >= 11 is 1.12. The molecule has 150 valence electrons. The van der Waals surface area contributed by atoms with Gasteiger partial charge in [-0.25, -0.2) is 18.4 Å². The van der Waals surface area contributed by atoms with Gasteiger partial charge in [0.1, 0.15) is 0 Å². The summed E-state index contributed by atoms with van der Waals surface area (Å²) in [5.41, 5.74) is 0.386. The summed E-state index contributed by atoms with van der Waals surface area (Å²) in [6.45, 7) is 0. The van der Waals surface area contributed by atoms with Gasteiger partial charge in [0.05, 0.1) is 11.4 Å². The number of carbonyl (C=O) groups is 1. The zero-order chi connectivity index (χ0) is 21.3. The Hall–Kier alpha value is -3.92. The van der Waals surface area contributed by atoms with Crippen LogP contribution < -0.4 is 16.4 Å². The summed E-state index contributed by atoms with van der Waals surface area (Å²) in [7, 11) is 0. The summed E-state index contributed by atoms with van der Waals surface area (Å²) in [6, 6.07) is 11.8. The van der Waals surface area contributed by atoms with Crippen LogP contribution in [0.5, 0.6) is 0 Å². The largest absolute Gasteiger partial charge is 0.298 e. The lowest BCUT2D eigenvalue weighted by Gasteiger charge is -2.07. The van der Waals surface area contributed by atoms with Crippen molar-refractivity contribution in [3.8, 4) is 16.9 Å². The Labute approximate surface area is 171 Å². The highest BCUT2D eigenvalue weighted by Crippen LogP contribution is 2.26. The molecule has 1 amide bonds. The Kier molecular flexibility index (Phi) is 5.07. The van der Waals surface area contributed by atoms with E-state index in [1.54, 1.807) is 17.5 Å². The minimum atomic E-state index is -0.989. The minimum absolute atomic E-state index is 0.230. The van der Waals surface area contributed by atoms with Crippen LogP contribution in [0.15, 0.2) is 69.6 Å². The SMILES string of the molecule is O=C(Nc1nc(-c2ccc(F)c(F)c2)cs1)c1cccc(-n2[nH]c(=O)ccc2=O)c1. The number of carbonyl (C=O) groups excluding carboxylic acids is 1. The van der Waals surface area contributed by atoms with Gasteiger partial charge in [0, 0.05) is 28.6 Å². The first kappa shape index (κ1) is 19.4. The van der Waals surface area contributed by atoms with E-state index in [4.69, 9.17) is 0 Å². The maximum atomic E-state index is 13.4. The lowest BCUT2D eigenvalue weighted by Crippen LogP contribution is -2.26. The number of nitrogens with zero attached hydrogens (tertiary/aromatic N) is 2. The molecule has 7 nitrogen and oxygen atoms in total. The van der Waals surface area contributed by atoms with Crippen molar-refractivity contribution in [1.82, 2.24) is 14.8 Å². The van der Waals surface area contributed by atoms with Crippen LogP contribution in [0.4, 0.5) is 13.9 Å². The van der Waals surface area contributed by atoms with Crippen molar-refractivity contribution in [3.63, 3.8) is 0 Å². The molecule has 4 aromatic rings. The molecule has 0 saturated heterocycles. The third-order valence-corrected chi connectivity index (χ3v) is 4.88. The first-order valence-electron chi connectivity index (χ1n) is 8.56. The van der Waals surface area contributed by atoms with E-state index in [-0.39, 0.29) is 10.7 Å². The van der Waals surface area contributed by atoms with Crippen molar-refractivity contribution in [2.75, 3.05) is 5.32 Å². The molecule has 4 rings (SSSR count). The average Bonchev–Trinajstić information content (AvgIpc) is 3.20. The molecule has 0 bridgehead atoms. The fourth-order valence-electron chi connectivity index (χ4n) is 2.69. The Morgan fingerprint density at radius 3 is 2.67 bits per heavy atom. The van der Waals surface area contributed by atoms with Gasteiger partial charge in [0.2, 0.25) is 0 Å². The van der Waals surface area contributed by atoms with Crippen molar-refractivity contribution in [3.05, 3.63) is 97.9 Å². The molecular weight excluding hydrogens is 414 g/mol. The summed E-state index contributed by atoms with van der Waals surface area (Å²) < 4.78 is 27.5. The fourth-order valence-corrected chi connectivity index (χ4v) is 3.41. The number of amides is 1. The van der Waals surface area contributed by atoms with Crippen LogP contribution >= 0.6 is 11.3 Å². The van der Waals surface area contributed by atoms with Crippen LogP contribution in [-0.2, 0) is 0 Å². The number of aromatic nitrogens is 3. The quantitative estimate of drug-likeness (QED) is 0.524. The monoisotopic (exact) mass is 426 g/mol. The minimum Gasteiger partial charge on any atom is -0.298 e. The first-order valence-corrected chi connectivity index (χ1v) is 9.44. The summed E-state index contributed by atoms with van der Waals surface area (Å²) in [6.07, 6.45) is 0. The van der Waals surface area contributed by atoms with Gasteiger partial charge in [0.15, 0.2) is 16.8 Å². The Morgan fingerprint density at radius 2 is 1.87 bits per heavy atom. The zero-order valence-electron chi connectivity index (χ0n) is 15.1. The highest BCUT2D eigenvalue weighted by Gasteiger charge is 2.13. The van der Waals surface area contributed by atoms with E-state index in [2.05, 4.69) is 15.4 Å². The number of aromatic amines is 1. The van der Waals surface area contributed by atoms with E-state index < -0.39 is 28.7 Å². The summed E-state index contributed by atoms with van der Waals surface area (Å²) in [5.74, 6) is -2.44. The molecule has 0 aliphatic rings. The number of thiazole rings is 1. The van der Waals surface area contributed by atoms with E-state index in [0.29, 0.717) is 16.9 Å². The Bertz CT molecular complexity index is 1380. The average molecular weight is 426 g/mol. The van der Waals surface area contributed by atoms with E-state index in [9.17, 15) is 23.2 Å². The molecule has 0 saturated carbocycles. The fraction of sp³-hybridized carbons (Fsp3) is 0. The second-order valence-corrected chi connectivity index (χ2v) is 7.01. The number of halogens is 2. The van der Waals surface area contributed by atoms with Crippen LogP contribution in [0.25, 0.3) is 16.9 Å². The molecule has 10 heteroatoms. The van der Waals surface area contributed by atoms with Crippen molar-refractivity contribution >= 4 is 22.4 Å². The lowest BCUT2D eigenvalue weighted by molar-refractivity contribution is 0.102. The molecule has 30 heavy (non-hydrogen) atoms. The van der Waals surface area contributed by atoms with Crippen molar-refractivity contribution < 1.29 is 13.6 Å². The maximum Gasteiger partial charge on any atom is 0.269 e. The molecule has 0 radical (unpaired) electrons. The standard InChI is InChI=1S/C20H12F2N4O3S/c21-14-5-4-11(9-15(14)22)16-10-30-20(23-16)24-19(29)12-2-1-3-13(8-12)26-18(28)7-6-17(27)25-26/h1-10H,(H,25,27)(H,23,24,29). The van der Waals surface area contributed by atoms with Crippen LogP contribution in [0.1, 0.15) is 10.4 Å². The van der Waals surface area contributed by atoms with Crippen LogP contribution in [0.3, 0.4) is 0 Å². The number of benzene rings is 2. The second-order valence-electron chi connectivity index (χ2n) is 6.15. The molecule has 2 heterocycles. The number of hydrogen-bond donors (Lipinski definition) is 2. The predicted molar refractivity (Wildman–Crippen MR) is 108 cm³/mol. The molecular formula is C20H12F2N4O3S. The molecule has 2 aromatic carbocycles. The summed E-state index contributed by atoms with van der Waals surface area (Å²) in [5, 5.41) is 6.87. The topological polar surface area (TPSA) is 96.8 Å². The molecule has 0 unspecified atom stereocenters. The number of hydrogen-bond acceptors (Lipinski definition) is 5. The van der Waals surface area contributed by atoms with Crippen LogP contribution in [0, 0.1) is 11.6 Å². The highest BCUT2D eigenvalue weighted by molar-refractivity contribution is 7.14. The predicted octanol–water partition coefficient (Wildman–Crippen LogP) is 3.18. The number of H-pyrrole nitrogens is 1. The smallest absolute Gasteiger partial charge is 0.269 e. The number of anilines is 1. The molecule has 0 atom stereocenters. The van der Waals surface area contributed by atoms with E-state index in [1.807, 2.05) is 0 Å².